The number of anilines is 2. The summed E-state index contributed by atoms with van der Waals surface area (Å²) < 4.78 is 2.06. The number of imidazole rings is 1. The number of aryl methyl sites for hydroxylation is 2. The third-order valence-electron chi connectivity index (χ3n) is 5.44. The lowest BCUT2D eigenvalue weighted by Gasteiger charge is -2.34. The van der Waals surface area contributed by atoms with Crippen molar-refractivity contribution in [2.24, 2.45) is 0 Å². The van der Waals surface area contributed by atoms with Gasteiger partial charge in [0.1, 0.15) is 5.65 Å². The standard InChI is InChI=1S/C22H27N5O/c1-17-20(27-12-4-3-5-21(27)23-17)10-11-22(28)24-18-6-8-19(9-7-18)26-15-13-25(2)14-16-26/h3-9,12H,10-11,13-16H2,1-2H3,(H,24,28). The van der Waals surface area contributed by atoms with Crippen LogP contribution in [0.15, 0.2) is 48.7 Å². The number of carbonyl (C=O) groups is 1. The topological polar surface area (TPSA) is 52.9 Å². The maximum absolute atomic E-state index is 12.4. The highest BCUT2D eigenvalue weighted by Gasteiger charge is 2.14. The van der Waals surface area contributed by atoms with E-state index in [-0.39, 0.29) is 5.91 Å². The van der Waals surface area contributed by atoms with E-state index >= 15 is 0 Å². The van der Waals surface area contributed by atoms with E-state index in [9.17, 15) is 4.79 Å². The monoisotopic (exact) mass is 377 g/mol. The second-order valence-corrected chi connectivity index (χ2v) is 7.46. The number of nitrogens with one attached hydrogen (secondary N) is 1. The summed E-state index contributed by atoms with van der Waals surface area (Å²) in [4.78, 5) is 21.7. The number of carbonyl (C=O) groups excluding carboxylic acids is 1. The highest BCUT2D eigenvalue weighted by Crippen LogP contribution is 2.20. The van der Waals surface area contributed by atoms with E-state index in [0.29, 0.717) is 12.8 Å². The Morgan fingerprint density at radius 2 is 1.82 bits per heavy atom. The van der Waals surface area contributed by atoms with Crippen molar-refractivity contribution in [3.8, 4) is 0 Å². The second kappa shape index (κ2) is 8.02. The van der Waals surface area contributed by atoms with Crippen LogP contribution in [-0.2, 0) is 11.2 Å². The highest BCUT2D eigenvalue weighted by molar-refractivity contribution is 5.91. The molecule has 146 valence electrons. The Hall–Kier alpha value is -2.86. The zero-order chi connectivity index (χ0) is 19.5. The summed E-state index contributed by atoms with van der Waals surface area (Å²) in [6.07, 6.45) is 3.10. The summed E-state index contributed by atoms with van der Waals surface area (Å²) in [5.41, 5.74) is 5.06. The number of pyridine rings is 1. The first-order valence-electron chi connectivity index (χ1n) is 9.86. The molecule has 0 atom stereocenters. The van der Waals surface area contributed by atoms with E-state index in [1.54, 1.807) is 0 Å². The number of benzene rings is 1. The molecule has 3 heterocycles. The van der Waals surface area contributed by atoms with E-state index in [0.717, 1.165) is 48.9 Å². The minimum atomic E-state index is 0.0256. The van der Waals surface area contributed by atoms with Crippen LogP contribution in [0.3, 0.4) is 0 Å². The van der Waals surface area contributed by atoms with Gasteiger partial charge in [0.05, 0.1) is 5.69 Å². The molecule has 0 saturated carbocycles. The van der Waals surface area contributed by atoms with E-state index in [1.807, 2.05) is 43.5 Å². The van der Waals surface area contributed by atoms with Crippen molar-refractivity contribution in [1.29, 1.82) is 0 Å². The van der Waals surface area contributed by atoms with Crippen molar-refractivity contribution in [3.05, 3.63) is 60.0 Å². The fourth-order valence-corrected chi connectivity index (χ4v) is 3.74. The molecule has 1 N–H and O–H groups in total. The van der Waals surface area contributed by atoms with Crippen LogP contribution in [-0.4, -0.2) is 53.4 Å². The molecular weight excluding hydrogens is 350 g/mol. The van der Waals surface area contributed by atoms with E-state index in [1.165, 1.54) is 5.69 Å². The zero-order valence-corrected chi connectivity index (χ0v) is 16.6. The quantitative estimate of drug-likeness (QED) is 0.743. The first kappa shape index (κ1) is 18.5. The largest absolute Gasteiger partial charge is 0.369 e. The third kappa shape index (κ3) is 4.02. The Bertz CT molecular complexity index is 955. The smallest absolute Gasteiger partial charge is 0.224 e. The lowest BCUT2D eigenvalue weighted by atomic mass is 10.2. The molecule has 0 bridgehead atoms. The van der Waals surface area contributed by atoms with Crippen molar-refractivity contribution in [3.63, 3.8) is 0 Å². The van der Waals surface area contributed by atoms with Gasteiger partial charge in [-0.05, 0) is 56.8 Å². The van der Waals surface area contributed by atoms with E-state index in [2.05, 4.69) is 43.7 Å². The van der Waals surface area contributed by atoms with Crippen molar-refractivity contribution in [1.82, 2.24) is 14.3 Å². The summed E-state index contributed by atoms with van der Waals surface area (Å²) in [6, 6.07) is 14.1. The van der Waals surface area contributed by atoms with E-state index in [4.69, 9.17) is 0 Å². The highest BCUT2D eigenvalue weighted by atomic mass is 16.1. The molecule has 0 radical (unpaired) electrons. The molecule has 0 aliphatic carbocycles. The molecule has 6 heteroatoms. The maximum atomic E-state index is 12.4. The van der Waals surface area contributed by atoms with Gasteiger partial charge < -0.3 is 19.5 Å². The molecule has 28 heavy (non-hydrogen) atoms. The van der Waals surface area contributed by atoms with Crippen molar-refractivity contribution >= 4 is 22.9 Å². The predicted molar refractivity (Wildman–Crippen MR) is 113 cm³/mol. The fraction of sp³-hybridized carbons (Fsp3) is 0.364. The lowest BCUT2D eigenvalue weighted by molar-refractivity contribution is -0.116. The molecule has 6 nitrogen and oxygen atoms in total. The van der Waals surface area contributed by atoms with Gasteiger partial charge in [-0.2, -0.15) is 0 Å². The maximum Gasteiger partial charge on any atom is 0.224 e. The van der Waals surface area contributed by atoms with Crippen LogP contribution in [0.25, 0.3) is 5.65 Å². The first-order valence-corrected chi connectivity index (χ1v) is 9.86. The second-order valence-electron chi connectivity index (χ2n) is 7.46. The molecule has 0 unspecified atom stereocenters. The Morgan fingerprint density at radius 3 is 2.57 bits per heavy atom. The van der Waals surface area contributed by atoms with Gasteiger partial charge in [0, 0.05) is 55.9 Å². The van der Waals surface area contributed by atoms with Crippen LogP contribution in [0.4, 0.5) is 11.4 Å². The molecule has 1 aromatic carbocycles. The van der Waals surface area contributed by atoms with Crippen LogP contribution in [0, 0.1) is 6.92 Å². The van der Waals surface area contributed by atoms with Crippen molar-refractivity contribution in [2.45, 2.75) is 19.8 Å². The molecule has 1 aliphatic heterocycles. The molecule has 0 spiro atoms. The van der Waals surface area contributed by atoms with Gasteiger partial charge in [0.2, 0.25) is 5.91 Å². The Morgan fingerprint density at radius 1 is 1.07 bits per heavy atom. The normalized spacial score (nSPS) is 15.1. The minimum Gasteiger partial charge on any atom is -0.369 e. The van der Waals surface area contributed by atoms with Gasteiger partial charge in [-0.3, -0.25) is 4.79 Å². The van der Waals surface area contributed by atoms with Gasteiger partial charge in [0.25, 0.3) is 0 Å². The summed E-state index contributed by atoms with van der Waals surface area (Å²) in [7, 11) is 2.16. The molecule has 3 aromatic rings. The van der Waals surface area contributed by atoms with Gasteiger partial charge in [-0.1, -0.05) is 6.07 Å². The number of likely N-dealkylation sites (N-methyl/N-ethyl adjacent to an activating group) is 1. The number of rotatable bonds is 5. The third-order valence-corrected chi connectivity index (χ3v) is 5.44. The number of hydrogen-bond donors (Lipinski definition) is 1. The number of fused-ring (bicyclic) bond motifs is 1. The Kier molecular flexibility index (Phi) is 5.30. The first-order chi connectivity index (χ1) is 13.6. The molecule has 2 aromatic heterocycles. The van der Waals surface area contributed by atoms with Crippen molar-refractivity contribution in [2.75, 3.05) is 43.4 Å². The number of piperazine rings is 1. The molecule has 1 amide bonds. The molecule has 1 saturated heterocycles. The van der Waals surface area contributed by atoms with Crippen LogP contribution < -0.4 is 10.2 Å². The average Bonchev–Trinajstić information content (AvgIpc) is 3.03. The van der Waals surface area contributed by atoms with E-state index < -0.39 is 0 Å². The van der Waals surface area contributed by atoms with Crippen LogP contribution >= 0.6 is 0 Å². The summed E-state index contributed by atoms with van der Waals surface area (Å²) in [6.45, 7) is 6.25. The number of hydrogen-bond acceptors (Lipinski definition) is 4. The number of amides is 1. The molecule has 1 aliphatic rings. The van der Waals surface area contributed by atoms with Crippen LogP contribution in [0.1, 0.15) is 17.8 Å². The summed E-state index contributed by atoms with van der Waals surface area (Å²) in [5, 5.41) is 3.01. The molecular formula is C22H27N5O. The molecule has 4 rings (SSSR count). The predicted octanol–water partition coefficient (Wildman–Crippen LogP) is 2.97. The Labute approximate surface area is 165 Å². The van der Waals surface area contributed by atoms with Gasteiger partial charge in [-0.25, -0.2) is 4.98 Å². The van der Waals surface area contributed by atoms with Gasteiger partial charge in [0.15, 0.2) is 0 Å². The lowest BCUT2D eigenvalue weighted by Crippen LogP contribution is -2.44. The van der Waals surface area contributed by atoms with Crippen molar-refractivity contribution < 1.29 is 4.79 Å². The average molecular weight is 377 g/mol. The minimum absolute atomic E-state index is 0.0256. The fourth-order valence-electron chi connectivity index (χ4n) is 3.74. The van der Waals surface area contributed by atoms with Gasteiger partial charge >= 0.3 is 0 Å². The Balaban J connectivity index is 1.34. The van der Waals surface area contributed by atoms with Gasteiger partial charge in [-0.15, -0.1) is 0 Å². The zero-order valence-electron chi connectivity index (χ0n) is 16.6. The number of nitrogens with zero attached hydrogens (tertiary/aromatic N) is 4. The number of aromatic nitrogens is 2. The molecule has 1 fully saturated rings. The SMILES string of the molecule is Cc1nc2ccccn2c1CCC(=O)Nc1ccc(N2CCN(C)CC2)cc1. The van der Waals surface area contributed by atoms with Crippen LogP contribution in [0.2, 0.25) is 0 Å². The summed E-state index contributed by atoms with van der Waals surface area (Å²) >= 11 is 0. The van der Waals surface area contributed by atoms with Crippen LogP contribution in [0.5, 0.6) is 0 Å². The summed E-state index contributed by atoms with van der Waals surface area (Å²) in [5.74, 6) is 0.0256.